The first-order valence-corrected chi connectivity index (χ1v) is 8.08. The molecule has 6 heteroatoms. The number of aromatic amines is 1. The van der Waals surface area contributed by atoms with Gasteiger partial charge in [0.05, 0.1) is 6.08 Å². The van der Waals surface area contributed by atoms with Crippen LogP contribution in [-0.2, 0) is 9.53 Å². The van der Waals surface area contributed by atoms with E-state index in [0.717, 1.165) is 26.8 Å². The van der Waals surface area contributed by atoms with Crippen LogP contribution in [0.1, 0.15) is 5.56 Å². The van der Waals surface area contributed by atoms with E-state index in [4.69, 9.17) is 4.74 Å². The summed E-state index contributed by atoms with van der Waals surface area (Å²) in [6, 6.07) is 11.4. The van der Waals surface area contributed by atoms with E-state index in [0.29, 0.717) is 5.88 Å². The largest absolute Gasteiger partial charge is 0.437 e. The number of aromatic nitrogens is 2. The van der Waals surface area contributed by atoms with Gasteiger partial charge in [-0.05, 0) is 42.5 Å². The summed E-state index contributed by atoms with van der Waals surface area (Å²) in [6.07, 6.45) is 6.69. The maximum absolute atomic E-state index is 12.1. The zero-order chi connectivity index (χ0) is 16.5. The summed E-state index contributed by atoms with van der Waals surface area (Å²) in [5, 5.41) is 4.02. The Labute approximate surface area is 146 Å². The Morgan fingerprint density at radius 3 is 2.88 bits per heavy atom. The molecule has 0 saturated heterocycles. The number of anilines is 1. The van der Waals surface area contributed by atoms with E-state index in [1.165, 1.54) is 6.08 Å². The number of fused-ring (bicyclic) bond motifs is 1. The van der Waals surface area contributed by atoms with Crippen molar-refractivity contribution in [1.82, 2.24) is 9.97 Å². The normalized spacial score (nSPS) is 15.6. The SMILES string of the molecule is O=C1C=C(Nc2ccc(Br)cc2)O/C1=C/c1c[nH]c2ncccc12. The minimum Gasteiger partial charge on any atom is -0.437 e. The summed E-state index contributed by atoms with van der Waals surface area (Å²) in [6.45, 7) is 0. The Kier molecular flexibility index (Phi) is 3.66. The van der Waals surface area contributed by atoms with Crippen molar-refractivity contribution in [2.75, 3.05) is 5.32 Å². The molecule has 3 aromatic rings. The van der Waals surface area contributed by atoms with E-state index < -0.39 is 0 Å². The number of ketones is 1. The number of benzene rings is 1. The van der Waals surface area contributed by atoms with E-state index in [-0.39, 0.29) is 11.5 Å². The fourth-order valence-corrected chi connectivity index (χ4v) is 2.73. The van der Waals surface area contributed by atoms with E-state index in [9.17, 15) is 4.79 Å². The Balaban J connectivity index is 1.56. The lowest BCUT2D eigenvalue weighted by Crippen LogP contribution is -1.99. The molecule has 0 bridgehead atoms. The number of pyridine rings is 1. The molecule has 0 aliphatic carbocycles. The molecule has 0 amide bonds. The summed E-state index contributed by atoms with van der Waals surface area (Å²) >= 11 is 3.39. The molecule has 0 saturated carbocycles. The molecule has 2 aromatic heterocycles. The van der Waals surface area contributed by atoms with Crippen molar-refractivity contribution in [3.63, 3.8) is 0 Å². The molecule has 2 N–H and O–H groups in total. The maximum atomic E-state index is 12.1. The molecule has 1 aromatic carbocycles. The number of nitrogens with one attached hydrogen (secondary N) is 2. The molecule has 0 spiro atoms. The van der Waals surface area contributed by atoms with Crippen molar-refractivity contribution < 1.29 is 9.53 Å². The van der Waals surface area contributed by atoms with Gasteiger partial charge in [0, 0.05) is 33.5 Å². The van der Waals surface area contributed by atoms with Crippen LogP contribution in [0.15, 0.2) is 71.0 Å². The molecule has 0 unspecified atom stereocenters. The standard InChI is InChI=1S/C18H12BrN3O2/c19-12-3-5-13(6-4-12)22-17-9-15(23)16(24-17)8-11-10-21-18-14(11)2-1-7-20-18/h1-10,22H,(H,20,21)/b16-8+. The van der Waals surface area contributed by atoms with E-state index in [1.807, 2.05) is 36.4 Å². The number of hydrogen-bond donors (Lipinski definition) is 2. The fourth-order valence-electron chi connectivity index (χ4n) is 2.46. The van der Waals surface area contributed by atoms with Gasteiger partial charge in [0.2, 0.25) is 11.7 Å². The Morgan fingerprint density at radius 2 is 2.04 bits per heavy atom. The van der Waals surface area contributed by atoms with Gasteiger partial charge in [-0.3, -0.25) is 4.79 Å². The van der Waals surface area contributed by atoms with Gasteiger partial charge in [-0.25, -0.2) is 4.98 Å². The predicted molar refractivity (Wildman–Crippen MR) is 96.0 cm³/mol. The first-order valence-electron chi connectivity index (χ1n) is 7.29. The molecule has 4 rings (SSSR count). The minimum absolute atomic E-state index is 0.173. The molecule has 0 radical (unpaired) electrons. The summed E-state index contributed by atoms with van der Waals surface area (Å²) < 4.78 is 6.63. The molecular weight excluding hydrogens is 370 g/mol. The maximum Gasteiger partial charge on any atom is 0.226 e. The summed E-state index contributed by atoms with van der Waals surface area (Å²) in [7, 11) is 0. The predicted octanol–water partition coefficient (Wildman–Crippen LogP) is 4.22. The van der Waals surface area contributed by atoms with Crippen LogP contribution < -0.4 is 5.32 Å². The monoisotopic (exact) mass is 381 g/mol. The third-order valence-electron chi connectivity index (χ3n) is 3.61. The number of H-pyrrole nitrogens is 1. The number of hydrogen-bond acceptors (Lipinski definition) is 4. The number of carbonyl (C=O) groups excluding carboxylic acids is 1. The molecule has 3 heterocycles. The molecule has 24 heavy (non-hydrogen) atoms. The van der Waals surface area contributed by atoms with Gasteiger partial charge in [0.15, 0.2) is 5.76 Å². The number of carbonyl (C=O) groups is 1. The van der Waals surface area contributed by atoms with Gasteiger partial charge >= 0.3 is 0 Å². The molecule has 5 nitrogen and oxygen atoms in total. The second kappa shape index (κ2) is 5.98. The highest BCUT2D eigenvalue weighted by molar-refractivity contribution is 9.10. The molecule has 0 atom stereocenters. The summed E-state index contributed by atoms with van der Waals surface area (Å²) in [5.74, 6) is 0.513. The zero-order valence-corrected chi connectivity index (χ0v) is 14.0. The highest BCUT2D eigenvalue weighted by Gasteiger charge is 2.21. The first-order chi connectivity index (χ1) is 11.7. The van der Waals surface area contributed by atoms with E-state index in [1.54, 1.807) is 18.5 Å². The highest BCUT2D eigenvalue weighted by Crippen LogP contribution is 2.25. The van der Waals surface area contributed by atoms with Crippen LogP contribution in [-0.4, -0.2) is 15.8 Å². The third kappa shape index (κ3) is 2.83. The topological polar surface area (TPSA) is 67.0 Å². The average molecular weight is 382 g/mol. The van der Waals surface area contributed by atoms with Crippen molar-refractivity contribution in [1.29, 1.82) is 0 Å². The third-order valence-corrected chi connectivity index (χ3v) is 4.14. The fraction of sp³-hybridized carbons (Fsp3) is 0. The van der Waals surface area contributed by atoms with Crippen molar-refractivity contribution >= 4 is 44.5 Å². The van der Waals surface area contributed by atoms with Crippen LogP contribution in [0.3, 0.4) is 0 Å². The number of nitrogens with zero attached hydrogens (tertiary/aromatic N) is 1. The van der Waals surface area contributed by atoms with E-state index >= 15 is 0 Å². The molecule has 1 aliphatic rings. The molecule has 1 aliphatic heterocycles. The van der Waals surface area contributed by atoms with Crippen molar-refractivity contribution in [2.45, 2.75) is 0 Å². The van der Waals surface area contributed by atoms with Crippen molar-refractivity contribution in [2.24, 2.45) is 0 Å². The number of rotatable bonds is 3. The van der Waals surface area contributed by atoms with Crippen molar-refractivity contribution in [3.05, 3.63) is 76.5 Å². The Bertz CT molecular complexity index is 987. The zero-order valence-electron chi connectivity index (χ0n) is 12.4. The minimum atomic E-state index is -0.173. The number of allylic oxidation sites excluding steroid dienone is 1. The van der Waals surface area contributed by atoms with Gasteiger partial charge in [0.25, 0.3) is 0 Å². The summed E-state index contributed by atoms with van der Waals surface area (Å²) in [5.41, 5.74) is 2.48. The van der Waals surface area contributed by atoms with Crippen LogP contribution >= 0.6 is 15.9 Å². The molecule has 118 valence electrons. The van der Waals surface area contributed by atoms with Gasteiger partial charge in [-0.1, -0.05) is 15.9 Å². The van der Waals surface area contributed by atoms with Gasteiger partial charge < -0.3 is 15.0 Å². The van der Waals surface area contributed by atoms with Crippen LogP contribution in [0.2, 0.25) is 0 Å². The number of ether oxygens (including phenoxy) is 1. The van der Waals surface area contributed by atoms with Crippen LogP contribution in [0.25, 0.3) is 17.1 Å². The second-order valence-corrected chi connectivity index (χ2v) is 6.17. The van der Waals surface area contributed by atoms with Gasteiger partial charge in [-0.2, -0.15) is 0 Å². The van der Waals surface area contributed by atoms with Crippen LogP contribution in [0.4, 0.5) is 5.69 Å². The van der Waals surface area contributed by atoms with Crippen LogP contribution in [0, 0.1) is 0 Å². The van der Waals surface area contributed by atoms with Gasteiger partial charge in [-0.15, -0.1) is 0 Å². The lowest BCUT2D eigenvalue weighted by molar-refractivity contribution is -0.112. The average Bonchev–Trinajstić information content (AvgIpc) is 3.14. The Hall–Kier alpha value is -2.86. The lowest BCUT2D eigenvalue weighted by Gasteiger charge is -2.07. The van der Waals surface area contributed by atoms with Gasteiger partial charge in [0.1, 0.15) is 5.65 Å². The summed E-state index contributed by atoms with van der Waals surface area (Å²) in [4.78, 5) is 19.5. The quantitative estimate of drug-likeness (QED) is 0.666. The molecular formula is C18H12BrN3O2. The van der Waals surface area contributed by atoms with Crippen LogP contribution in [0.5, 0.6) is 0 Å². The number of halogens is 1. The highest BCUT2D eigenvalue weighted by atomic mass is 79.9. The lowest BCUT2D eigenvalue weighted by atomic mass is 10.2. The van der Waals surface area contributed by atoms with E-state index in [2.05, 4.69) is 31.2 Å². The first kappa shape index (κ1) is 14.7. The Morgan fingerprint density at radius 1 is 1.21 bits per heavy atom. The van der Waals surface area contributed by atoms with Crippen molar-refractivity contribution in [3.8, 4) is 0 Å². The second-order valence-electron chi connectivity index (χ2n) is 5.26. The molecule has 0 fully saturated rings. The smallest absolute Gasteiger partial charge is 0.226 e.